The molecule has 19 heavy (non-hydrogen) atoms. The monoisotopic (exact) mass is 271 g/mol. The summed E-state index contributed by atoms with van der Waals surface area (Å²) in [5, 5.41) is 1.45. The van der Waals surface area contributed by atoms with Crippen LogP contribution in [0.3, 0.4) is 0 Å². The molecule has 0 unspecified atom stereocenters. The second kappa shape index (κ2) is 4.78. The lowest BCUT2D eigenvalue weighted by Gasteiger charge is -2.05. The van der Waals surface area contributed by atoms with Crippen LogP contribution in [0.1, 0.15) is 10.4 Å². The number of benzene rings is 2. The summed E-state index contributed by atoms with van der Waals surface area (Å²) in [6, 6.07) is 14.1. The highest BCUT2D eigenvalue weighted by Crippen LogP contribution is 2.28. The summed E-state index contributed by atoms with van der Waals surface area (Å²) in [4.78, 5) is 15.0. The zero-order valence-corrected chi connectivity index (χ0v) is 10.6. The van der Waals surface area contributed by atoms with Gasteiger partial charge in [-0.1, -0.05) is 29.8 Å². The fourth-order valence-electron chi connectivity index (χ4n) is 1.90. The smallest absolute Gasteiger partial charge is 0.343 e. The van der Waals surface area contributed by atoms with Crippen molar-refractivity contribution in [1.82, 2.24) is 4.98 Å². The number of carbonyl (C=O) groups excluding carboxylic acids is 1. The molecule has 3 rings (SSSR count). The number of ether oxygens (including phenoxy) is 1. The third-order valence-corrected chi connectivity index (χ3v) is 3.12. The summed E-state index contributed by atoms with van der Waals surface area (Å²) in [5.41, 5.74) is 1.34. The molecule has 3 nitrogen and oxygen atoms in total. The first-order chi connectivity index (χ1) is 9.24. The van der Waals surface area contributed by atoms with Crippen molar-refractivity contribution in [1.29, 1.82) is 0 Å². The summed E-state index contributed by atoms with van der Waals surface area (Å²) in [5.74, 6) is 0.0244. The van der Waals surface area contributed by atoms with Crippen LogP contribution in [-0.2, 0) is 0 Å². The van der Waals surface area contributed by atoms with E-state index in [0.29, 0.717) is 16.3 Å². The Hall–Kier alpha value is -2.26. The fourth-order valence-corrected chi connectivity index (χ4v) is 2.17. The lowest BCUT2D eigenvalue weighted by molar-refractivity contribution is 0.0735. The Morgan fingerprint density at radius 3 is 2.68 bits per heavy atom. The molecule has 0 aliphatic heterocycles. The number of esters is 1. The number of nitrogens with one attached hydrogen (secondary N) is 1. The van der Waals surface area contributed by atoms with Crippen molar-refractivity contribution in [2.24, 2.45) is 0 Å². The molecule has 0 fully saturated rings. The van der Waals surface area contributed by atoms with E-state index in [1.54, 1.807) is 42.6 Å². The van der Waals surface area contributed by atoms with E-state index in [1.165, 1.54) is 0 Å². The van der Waals surface area contributed by atoms with E-state index in [2.05, 4.69) is 4.98 Å². The highest BCUT2D eigenvalue weighted by Gasteiger charge is 2.10. The molecule has 1 N–H and O–H groups in total. The molecule has 1 aromatic heterocycles. The van der Waals surface area contributed by atoms with E-state index in [-0.39, 0.29) is 0 Å². The predicted octanol–water partition coefficient (Wildman–Crippen LogP) is 4.04. The van der Waals surface area contributed by atoms with Gasteiger partial charge in [-0.3, -0.25) is 0 Å². The van der Waals surface area contributed by atoms with Gasteiger partial charge in [0.15, 0.2) is 0 Å². The van der Waals surface area contributed by atoms with Crippen molar-refractivity contribution in [3.05, 3.63) is 65.3 Å². The summed E-state index contributed by atoms with van der Waals surface area (Å²) < 4.78 is 5.32. The Balaban J connectivity index is 1.91. The Morgan fingerprint density at radius 1 is 1.11 bits per heavy atom. The molecule has 2 aromatic carbocycles. The molecule has 0 radical (unpaired) electrons. The molecule has 0 spiro atoms. The van der Waals surface area contributed by atoms with Crippen LogP contribution in [0.2, 0.25) is 5.02 Å². The van der Waals surface area contributed by atoms with Gasteiger partial charge in [-0.25, -0.2) is 4.79 Å². The minimum Gasteiger partial charge on any atom is -0.423 e. The molecule has 3 aromatic rings. The number of aromatic amines is 1. The van der Waals surface area contributed by atoms with Gasteiger partial charge in [-0.2, -0.15) is 0 Å². The number of hydrogen-bond acceptors (Lipinski definition) is 2. The molecule has 0 saturated carbocycles. The number of carbonyl (C=O) groups is 1. The highest BCUT2D eigenvalue weighted by molar-refractivity contribution is 6.35. The average molecular weight is 272 g/mol. The molecule has 0 bridgehead atoms. The van der Waals surface area contributed by atoms with Gasteiger partial charge < -0.3 is 9.72 Å². The quantitative estimate of drug-likeness (QED) is 0.564. The van der Waals surface area contributed by atoms with E-state index >= 15 is 0 Å². The van der Waals surface area contributed by atoms with Crippen LogP contribution in [0.25, 0.3) is 10.9 Å². The van der Waals surface area contributed by atoms with Gasteiger partial charge in [0.05, 0.1) is 16.1 Å². The second-order valence-corrected chi connectivity index (χ2v) is 4.51. The summed E-state index contributed by atoms with van der Waals surface area (Å²) in [6.07, 6.45) is 1.79. The first-order valence-electron chi connectivity index (χ1n) is 5.78. The fraction of sp³-hybridized carbons (Fsp3) is 0. The van der Waals surface area contributed by atoms with Crippen LogP contribution < -0.4 is 4.74 Å². The van der Waals surface area contributed by atoms with E-state index in [9.17, 15) is 4.79 Å². The van der Waals surface area contributed by atoms with Crippen molar-refractivity contribution < 1.29 is 9.53 Å². The van der Waals surface area contributed by atoms with Gasteiger partial charge in [-0.05, 0) is 18.2 Å². The van der Waals surface area contributed by atoms with Crippen molar-refractivity contribution in [3.63, 3.8) is 0 Å². The van der Waals surface area contributed by atoms with Gasteiger partial charge in [-0.15, -0.1) is 0 Å². The molecular formula is C15H10ClNO2. The zero-order chi connectivity index (χ0) is 13.2. The molecule has 0 saturated heterocycles. The standard InChI is InChI=1S/C15H10ClNO2/c16-13-8-11(9-14-12(13)6-7-17-14)19-15(18)10-4-2-1-3-5-10/h1-9,17H. The van der Waals surface area contributed by atoms with Crippen LogP contribution in [-0.4, -0.2) is 11.0 Å². The van der Waals surface area contributed by atoms with E-state index in [1.807, 2.05) is 12.1 Å². The number of hydrogen-bond donors (Lipinski definition) is 1. The number of fused-ring (bicyclic) bond motifs is 1. The molecule has 94 valence electrons. The van der Waals surface area contributed by atoms with Crippen molar-refractivity contribution in [3.8, 4) is 5.75 Å². The predicted molar refractivity (Wildman–Crippen MR) is 74.7 cm³/mol. The van der Waals surface area contributed by atoms with E-state index in [0.717, 1.165) is 10.9 Å². The van der Waals surface area contributed by atoms with Crippen LogP contribution >= 0.6 is 11.6 Å². The van der Waals surface area contributed by atoms with Gasteiger partial charge in [0, 0.05) is 23.7 Å². The molecule has 0 atom stereocenters. The van der Waals surface area contributed by atoms with E-state index < -0.39 is 5.97 Å². The first kappa shape index (κ1) is 11.8. The molecular weight excluding hydrogens is 262 g/mol. The maximum atomic E-state index is 11.9. The van der Waals surface area contributed by atoms with Crippen molar-refractivity contribution in [2.75, 3.05) is 0 Å². The lowest BCUT2D eigenvalue weighted by atomic mass is 10.2. The zero-order valence-electron chi connectivity index (χ0n) is 9.89. The van der Waals surface area contributed by atoms with E-state index in [4.69, 9.17) is 16.3 Å². The van der Waals surface area contributed by atoms with Gasteiger partial charge in [0.2, 0.25) is 0 Å². The second-order valence-electron chi connectivity index (χ2n) is 4.10. The number of halogens is 1. The minimum absolute atomic E-state index is 0.400. The third-order valence-electron chi connectivity index (χ3n) is 2.81. The molecule has 0 amide bonds. The summed E-state index contributed by atoms with van der Waals surface area (Å²) in [6.45, 7) is 0. The van der Waals surface area contributed by atoms with Crippen molar-refractivity contribution >= 4 is 28.5 Å². The highest BCUT2D eigenvalue weighted by atomic mass is 35.5. The Bertz CT molecular complexity index is 734. The SMILES string of the molecule is O=C(Oc1cc(Cl)c2cc[nH]c2c1)c1ccccc1. The molecule has 0 aliphatic rings. The normalized spacial score (nSPS) is 10.6. The topological polar surface area (TPSA) is 42.1 Å². The van der Waals surface area contributed by atoms with Crippen LogP contribution in [0.15, 0.2) is 54.7 Å². The van der Waals surface area contributed by atoms with Crippen molar-refractivity contribution in [2.45, 2.75) is 0 Å². The van der Waals surface area contributed by atoms with Gasteiger partial charge in [0.1, 0.15) is 5.75 Å². The van der Waals surface area contributed by atoms with Crippen LogP contribution in [0, 0.1) is 0 Å². The van der Waals surface area contributed by atoms with Gasteiger partial charge >= 0.3 is 5.97 Å². The summed E-state index contributed by atoms with van der Waals surface area (Å²) >= 11 is 6.12. The number of aromatic nitrogens is 1. The van der Waals surface area contributed by atoms with Crippen LogP contribution in [0.5, 0.6) is 5.75 Å². The maximum absolute atomic E-state index is 11.9. The van der Waals surface area contributed by atoms with Gasteiger partial charge in [0.25, 0.3) is 0 Å². The Labute approximate surface area is 114 Å². The molecule has 0 aliphatic carbocycles. The molecule has 4 heteroatoms. The van der Waals surface area contributed by atoms with Crippen LogP contribution in [0.4, 0.5) is 0 Å². The first-order valence-corrected chi connectivity index (χ1v) is 6.16. The minimum atomic E-state index is -0.400. The Kier molecular flexibility index (Phi) is 2.97. The largest absolute Gasteiger partial charge is 0.423 e. The lowest BCUT2D eigenvalue weighted by Crippen LogP contribution is -2.08. The number of rotatable bonds is 2. The Morgan fingerprint density at radius 2 is 1.89 bits per heavy atom. The average Bonchev–Trinajstić information content (AvgIpc) is 2.88. The maximum Gasteiger partial charge on any atom is 0.343 e. The number of H-pyrrole nitrogens is 1. The third kappa shape index (κ3) is 2.33. The molecule has 1 heterocycles. The summed E-state index contributed by atoms with van der Waals surface area (Å²) in [7, 11) is 0.